The van der Waals surface area contributed by atoms with Crippen molar-refractivity contribution in [1.29, 1.82) is 0 Å². The average Bonchev–Trinajstić information content (AvgIpc) is 3.18. The molecule has 0 radical (unpaired) electrons. The Morgan fingerprint density at radius 2 is 1.59 bits per heavy atom. The van der Waals surface area contributed by atoms with Gasteiger partial charge >= 0.3 is 0 Å². The molecule has 0 unspecified atom stereocenters. The van der Waals surface area contributed by atoms with Gasteiger partial charge in [-0.15, -0.1) is 0 Å². The normalized spacial score (nSPS) is 11.4. The molecule has 0 atom stereocenters. The number of nitrogens with zero attached hydrogens (tertiary/aromatic N) is 4. The monoisotopic (exact) mass is 453 g/mol. The van der Waals surface area contributed by atoms with E-state index in [2.05, 4.69) is 9.71 Å². The summed E-state index contributed by atoms with van der Waals surface area (Å²) in [5.74, 6) is 0. The standard InChI is InChI=1S/C20H15N5O6S/c1-13-18(24(26)27)10-16(11-19(13)25(28)29)32(30,31)22-15-7-5-14(6-8-15)17-12-23-9-3-2-4-20(23)21-17/h2-12,22H,1H3. The Bertz CT molecular complexity index is 1410. The molecule has 0 bridgehead atoms. The number of hydrogen-bond donors (Lipinski definition) is 1. The minimum absolute atomic E-state index is 0.184. The van der Waals surface area contributed by atoms with E-state index in [1.807, 2.05) is 35.0 Å². The van der Waals surface area contributed by atoms with E-state index >= 15 is 0 Å². The number of pyridine rings is 1. The van der Waals surface area contributed by atoms with Gasteiger partial charge in [-0.1, -0.05) is 18.2 Å². The van der Waals surface area contributed by atoms with Gasteiger partial charge in [0.05, 0.1) is 15.5 Å². The SMILES string of the molecule is Cc1c([N+](=O)[O-])cc(S(=O)(=O)Nc2ccc(-c3cn4ccccc4n3)cc2)cc1[N+](=O)[O-]. The number of anilines is 1. The fourth-order valence-electron chi connectivity index (χ4n) is 3.19. The highest BCUT2D eigenvalue weighted by atomic mass is 32.2. The van der Waals surface area contributed by atoms with Crippen molar-refractivity contribution in [1.82, 2.24) is 9.38 Å². The second kappa shape index (κ2) is 7.74. The minimum Gasteiger partial charge on any atom is -0.306 e. The summed E-state index contributed by atoms with van der Waals surface area (Å²) in [5.41, 5.74) is 0.853. The second-order valence-electron chi connectivity index (χ2n) is 6.88. The number of hydrogen-bond acceptors (Lipinski definition) is 7. The Labute approximate surface area is 181 Å². The van der Waals surface area contributed by atoms with Crippen molar-refractivity contribution < 1.29 is 18.3 Å². The zero-order chi connectivity index (χ0) is 23.0. The predicted molar refractivity (Wildman–Crippen MR) is 116 cm³/mol. The van der Waals surface area contributed by atoms with Crippen LogP contribution in [0.25, 0.3) is 16.9 Å². The van der Waals surface area contributed by atoms with Crippen LogP contribution in [-0.4, -0.2) is 27.6 Å². The van der Waals surface area contributed by atoms with Crippen molar-refractivity contribution in [3.05, 3.63) is 92.8 Å². The van der Waals surface area contributed by atoms with E-state index in [1.54, 1.807) is 12.1 Å². The first-order valence-electron chi connectivity index (χ1n) is 9.16. The molecule has 32 heavy (non-hydrogen) atoms. The van der Waals surface area contributed by atoms with Crippen LogP contribution in [0.1, 0.15) is 5.56 Å². The summed E-state index contributed by atoms with van der Waals surface area (Å²) in [6.45, 7) is 1.19. The summed E-state index contributed by atoms with van der Waals surface area (Å²) in [6.07, 6.45) is 3.69. The third kappa shape index (κ3) is 3.86. The van der Waals surface area contributed by atoms with E-state index in [0.29, 0.717) is 5.69 Å². The Balaban J connectivity index is 1.65. The first-order chi connectivity index (χ1) is 15.2. The molecule has 162 valence electrons. The summed E-state index contributed by atoms with van der Waals surface area (Å²) in [7, 11) is -4.32. The molecule has 2 heterocycles. The van der Waals surface area contributed by atoms with Gasteiger partial charge in [-0.2, -0.15) is 0 Å². The van der Waals surface area contributed by atoms with Crippen molar-refractivity contribution >= 4 is 32.7 Å². The van der Waals surface area contributed by atoms with Gasteiger partial charge in [-0.25, -0.2) is 13.4 Å². The highest BCUT2D eigenvalue weighted by molar-refractivity contribution is 7.92. The molecule has 2 aromatic heterocycles. The molecule has 0 spiro atoms. The molecule has 12 heteroatoms. The van der Waals surface area contributed by atoms with Gasteiger partial charge in [0.1, 0.15) is 16.1 Å². The predicted octanol–water partition coefficient (Wildman–Crippen LogP) is 3.93. The summed E-state index contributed by atoms with van der Waals surface area (Å²) in [5, 5.41) is 22.5. The lowest BCUT2D eigenvalue weighted by molar-refractivity contribution is -0.395. The average molecular weight is 453 g/mol. The summed E-state index contributed by atoms with van der Waals surface area (Å²) < 4.78 is 29.7. The number of imidazole rings is 1. The number of benzene rings is 2. The van der Waals surface area contributed by atoms with Crippen LogP contribution in [0.15, 0.2) is 71.9 Å². The van der Waals surface area contributed by atoms with Crippen LogP contribution in [0, 0.1) is 27.2 Å². The fraction of sp³-hybridized carbons (Fsp3) is 0.0500. The number of aromatic nitrogens is 2. The smallest absolute Gasteiger partial charge is 0.280 e. The highest BCUT2D eigenvalue weighted by Gasteiger charge is 2.28. The molecular weight excluding hydrogens is 438 g/mol. The quantitative estimate of drug-likeness (QED) is 0.343. The first-order valence-corrected chi connectivity index (χ1v) is 10.6. The Hall–Kier alpha value is -4.32. The van der Waals surface area contributed by atoms with Gasteiger partial charge in [-0.05, 0) is 31.2 Å². The topological polar surface area (TPSA) is 150 Å². The summed E-state index contributed by atoms with van der Waals surface area (Å²) >= 11 is 0. The van der Waals surface area contributed by atoms with E-state index in [9.17, 15) is 28.6 Å². The molecule has 0 aliphatic rings. The van der Waals surface area contributed by atoms with E-state index in [0.717, 1.165) is 23.3 Å². The molecule has 2 aromatic carbocycles. The van der Waals surface area contributed by atoms with Gasteiger partial charge < -0.3 is 4.40 Å². The number of fused-ring (bicyclic) bond motifs is 1. The van der Waals surface area contributed by atoms with Crippen LogP contribution in [0.3, 0.4) is 0 Å². The summed E-state index contributed by atoms with van der Waals surface area (Å²) in [6, 6.07) is 13.5. The Morgan fingerprint density at radius 3 is 2.16 bits per heavy atom. The van der Waals surface area contributed by atoms with Crippen LogP contribution < -0.4 is 4.72 Å². The molecule has 4 aromatic rings. The zero-order valence-corrected chi connectivity index (χ0v) is 17.3. The van der Waals surface area contributed by atoms with Crippen molar-refractivity contribution in [3.8, 4) is 11.3 Å². The largest absolute Gasteiger partial charge is 0.306 e. The van der Waals surface area contributed by atoms with Crippen LogP contribution in [-0.2, 0) is 10.0 Å². The van der Waals surface area contributed by atoms with Crippen molar-refractivity contribution in [2.75, 3.05) is 4.72 Å². The van der Waals surface area contributed by atoms with Gasteiger partial charge in [0.25, 0.3) is 21.4 Å². The molecule has 1 N–H and O–H groups in total. The molecule has 0 aliphatic heterocycles. The molecule has 0 aliphatic carbocycles. The minimum atomic E-state index is -4.32. The number of nitro benzene ring substituents is 2. The first kappa shape index (κ1) is 20.9. The molecule has 0 amide bonds. The van der Waals surface area contributed by atoms with Crippen LogP contribution in [0.5, 0.6) is 0 Å². The van der Waals surface area contributed by atoms with Gasteiger partial charge in [-0.3, -0.25) is 25.0 Å². The highest BCUT2D eigenvalue weighted by Crippen LogP contribution is 2.32. The maximum absolute atomic E-state index is 12.8. The Kier molecular flexibility index (Phi) is 5.06. The number of sulfonamides is 1. The van der Waals surface area contributed by atoms with E-state index in [-0.39, 0.29) is 11.3 Å². The van der Waals surface area contributed by atoms with Crippen molar-refractivity contribution in [3.63, 3.8) is 0 Å². The van der Waals surface area contributed by atoms with Crippen LogP contribution >= 0.6 is 0 Å². The zero-order valence-electron chi connectivity index (χ0n) is 16.5. The number of rotatable bonds is 6. The Morgan fingerprint density at radius 1 is 0.969 bits per heavy atom. The van der Waals surface area contributed by atoms with Gasteiger partial charge in [0.2, 0.25) is 0 Å². The van der Waals surface area contributed by atoms with Crippen molar-refractivity contribution in [2.45, 2.75) is 11.8 Å². The lowest BCUT2D eigenvalue weighted by Crippen LogP contribution is -2.14. The second-order valence-corrected chi connectivity index (χ2v) is 8.56. The van der Waals surface area contributed by atoms with Crippen molar-refractivity contribution in [2.24, 2.45) is 0 Å². The maximum atomic E-state index is 12.8. The molecule has 0 saturated heterocycles. The number of nitrogens with one attached hydrogen (secondary N) is 1. The molecular formula is C20H15N5O6S. The van der Waals surface area contributed by atoms with Gasteiger partial charge in [0, 0.05) is 35.8 Å². The molecule has 0 saturated carbocycles. The number of nitro groups is 2. The lowest BCUT2D eigenvalue weighted by atomic mass is 10.1. The third-order valence-corrected chi connectivity index (χ3v) is 6.19. The van der Waals surface area contributed by atoms with Gasteiger partial charge in [0.15, 0.2) is 0 Å². The molecule has 0 fully saturated rings. The maximum Gasteiger partial charge on any atom is 0.280 e. The van der Waals surface area contributed by atoms with Crippen LogP contribution in [0.4, 0.5) is 17.1 Å². The fourth-order valence-corrected chi connectivity index (χ4v) is 4.29. The lowest BCUT2D eigenvalue weighted by Gasteiger charge is -2.09. The van der Waals surface area contributed by atoms with E-state index in [1.165, 1.54) is 19.1 Å². The third-order valence-electron chi connectivity index (χ3n) is 4.83. The van der Waals surface area contributed by atoms with E-state index in [4.69, 9.17) is 0 Å². The summed E-state index contributed by atoms with van der Waals surface area (Å²) in [4.78, 5) is 24.7. The molecule has 4 rings (SSSR count). The molecule has 11 nitrogen and oxygen atoms in total. The van der Waals surface area contributed by atoms with E-state index < -0.39 is 36.1 Å². The van der Waals surface area contributed by atoms with Crippen LogP contribution in [0.2, 0.25) is 0 Å².